The van der Waals surface area contributed by atoms with Crippen molar-refractivity contribution in [2.24, 2.45) is 0 Å². The van der Waals surface area contributed by atoms with Gasteiger partial charge in [-0.3, -0.25) is 4.79 Å². The van der Waals surface area contributed by atoms with Gasteiger partial charge < -0.3 is 19.9 Å². The number of benzene rings is 2. The Hall–Kier alpha value is -2.98. The second kappa shape index (κ2) is 8.22. The molecule has 0 aromatic heterocycles. The molecule has 2 N–H and O–H groups in total. The van der Waals surface area contributed by atoms with Crippen LogP contribution in [-0.2, 0) is 4.79 Å². The number of nitriles is 1. The summed E-state index contributed by atoms with van der Waals surface area (Å²) < 4.78 is 10.8. The lowest BCUT2D eigenvalue weighted by Crippen LogP contribution is -2.13. The monoisotopic (exact) mass is 402 g/mol. The van der Waals surface area contributed by atoms with Crippen molar-refractivity contribution in [1.29, 1.82) is 5.26 Å². The maximum Gasteiger partial charge on any atom is 0.266 e. The molecule has 0 aliphatic carbocycles. The van der Waals surface area contributed by atoms with Crippen molar-refractivity contribution in [1.82, 2.24) is 0 Å². The topological polar surface area (TPSA) is 91.6 Å². The van der Waals surface area contributed by atoms with Gasteiger partial charge in [-0.25, -0.2) is 0 Å². The minimum absolute atomic E-state index is 0.106. The van der Waals surface area contributed by atoms with Gasteiger partial charge in [0.1, 0.15) is 11.6 Å². The highest BCUT2D eigenvalue weighted by Crippen LogP contribution is 2.37. The fourth-order valence-corrected chi connectivity index (χ4v) is 2.45. The first-order valence-electron chi connectivity index (χ1n) is 7.12. The molecule has 0 heterocycles. The standard InChI is InChI=1S/C18H15BrN2O4/c1-24-15-8-11(9-16(25-2)17(15)22)7-12(10-20)18(23)21-14-6-4-3-5-13(14)19/h3-9,22H,1-2H3,(H,21,23). The first-order valence-corrected chi connectivity index (χ1v) is 7.92. The number of phenols is 1. The van der Waals surface area contributed by atoms with E-state index in [1.54, 1.807) is 18.2 Å². The second-order valence-electron chi connectivity index (χ2n) is 4.88. The molecule has 2 aromatic carbocycles. The molecule has 0 saturated carbocycles. The van der Waals surface area contributed by atoms with E-state index in [2.05, 4.69) is 21.2 Å². The molecule has 0 fully saturated rings. The maximum absolute atomic E-state index is 12.3. The van der Waals surface area contributed by atoms with Crippen LogP contribution in [0.1, 0.15) is 5.56 Å². The zero-order valence-corrected chi connectivity index (χ0v) is 15.1. The van der Waals surface area contributed by atoms with Gasteiger partial charge in [-0.05, 0) is 51.8 Å². The van der Waals surface area contributed by atoms with Crippen molar-refractivity contribution < 1.29 is 19.4 Å². The third-order valence-corrected chi connectivity index (χ3v) is 3.99. The molecule has 0 unspecified atom stereocenters. The average molecular weight is 403 g/mol. The van der Waals surface area contributed by atoms with E-state index in [9.17, 15) is 15.2 Å². The lowest BCUT2D eigenvalue weighted by Gasteiger charge is -2.10. The summed E-state index contributed by atoms with van der Waals surface area (Å²) in [7, 11) is 2.79. The largest absolute Gasteiger partial charge is 0.502 e. The number of nitrogens with zero attached hydrogens (tertiary/aromatic N) is 1. The molecule has 0 saturated heterocycles. The predicted octanol–water partition coefficient (Wildman–Crippen LogP) is 3.72. The van der Waals surface area contributed by atoms with E-state index in [0.717, 1.165) is 0 Å². The number of anilines is 1. The Balaban J connectivity index is 2.36. The van der Waals surface area contributed by atoms with Crippen LogP contribution < -0.4 is 14.8 Å². The van der Waals surface area contributed by atoms with E-state index in [4.69, 9.17) is 9.47 Å². The van der Waals surface area contributed by atoms with Gasteiger partial charge in [-0.2, -0.15) is 5.26 Å². The van der Waals surface area contributed by atoms with Crippen molar-refractivity contribution in [2.75, 3.05) is 19.5 Å². The molecule has 128 valence electrons. The van der Waals surface area contributed by atoms with Crippen molar-refractivity contribution >= 4 is 33.6 Å². The SMILES string of the molecule is COc1cc(C=C(C#N)C(=O)Nc2ccccc2Br)cc(OC)c1O. The van der Waals surface area contributed by atoms with Crippen LogP contribution in [0.15, 0.2) is 46.4 Å². The van der Waals surface area contributed by atoms with Gasteiger partial charge in [-0.15, -0.1) is 0 Å². The molecule has 0 radical (unpaired) electrons. The average Bonchev–Trinajstić information content (AvgIpc) is 2.62. The molecule has 1 amide bonds. The number of para-hydroxylation sites is 1. The summed E-state index contributed by atoms with van der Waals surface area (Å²) >= 11 is 3.33. The van der Waals surface area contributed by atoms with Gasteiger partial charge in [0, 0.05) is 4.47 Å². The van der Waals surface area contributed by atoms with Gasteiger partial charge >= 0.3 is 0 Å². The maximum atomic E-state index is 12.3. The Labute approximate surface area is 153 Å². The number of phenolic OH excluding ortho intramolecular Hbond substituents is 1. The molecule has 25 heavy (non-hydrogen) atoms. The number of rotatable bonds is 5. The summed E-state index contributed by atoms with van der Waals surface area (Å²) in [6, 6.07) is 11.9. The summed E-state index contributed by atoms with van der Waals surface area (Å²) in [5.74, 6) is -0.359. The summed E-state index contributed by atoms with van der Waals surface area (Å²) in [4.78, 5) is 12.3. The molecule has 0 aliphatic heterocycles. The lowest BCUT2D eigenvalue weighted by molar-refractivity contribution is -0.112. The zero-order valence-electron chi connectivity index (χ0n) is 13.5. The van der Waals surface area contributed by atoms with Crippen molar-refractivity contribution in [3.63, 3.8) is 0 Å². The lowest BCUT2D eigenvalue weighted by atomic mass is 10.1. The summed E-state index contributed by atoms with van der Waals surface area (Å²) in [6.45, 7) is 0. The van der Waals surface area contributed by atoms with E-state index in [1.165, 1.54) is 32.4 Å². The van der Waals surface area contributed by atoms with Crippen LogP contribution in [0.5, 0.6) is 17.2 Å². The molecule has 7 heteroatoms. The minimum Gasteiger partial charge on any atom is -0.502 e. The Morgan fingerprint density at radius 3 is 2.36 bits per heavy atom. The number of ether oxygens (including phenoxy) is 2. The summed E-state index contributed by atoms with van der Waals surface area (Å²) in [6.07, 6.45) is 1.39. The normalized spacial score (nSPS) is 10.7. The van der Waals surface area contributed by atoms with E-state index >= 15 is 0 Å². The van der Waals surface area contributed by atoms with E-state index in [-0.39, 0.29) is 22.8 Å². The number of carbonyl (C=O) groups is 1. The number of carbonyl (C=O) groups excluding carboxylic acids is 1. The van der Waals surface area contributed by atoms with Gasteiger partial charge in [0.15, 0.2) is 11.5 Å². The van der Waals surface area contributed by atoms with E-state index in [0.29, 0.717) is 15.7 Å². The molecule has 0 atom stereocenters. The van der Waals surface area contributed by atoms with Gasteiger partial charge in [0.05, 0.1) is 19.9 Å². The van der Waals surface area contributed by atoms with Crippen molar-refractivity contribution in [3.8, 4) is 23.3 Å². The van der Waals surface area contributed by atoms with Crippen molar-refractivity contribution in [2.45, 2.75) is 0 Å². The van der Waals surface area contributed by atoms with Crippen LogP contribution in [0.4, 0.5) is 5.69 Å². The third kappa shape index (κ3) is 4.31. The number of nitrogens with one attached hydrogen (secondary N) is 1. The third-order valence-electron chi connectivity index (χ3n) is 3.30. The van der Waals surface area contributed by atoms with E-state index < -0.39 is 5.91 Å². The summed E-state index contributed by atoms with van der Waals surface area (Å²) in [5, 5.41) is 21.9. The number of hydrogen-bond acceptors (Lipinski definition) is 5. The first-order chi connectivity index (χ1) is 12.0. The first kappa shape index (κ1) is 18.4. The van der Waals surface area contributed by atoms with Crippen LogP contribution in [0, 0.1) is 11.3 Å². The van der Waals surface area contributed by atoms with Crippen LogP contribution >= 0.6 is 15.9 Å². The molecule has 2 aromatic rings. The van der Waals surface area contributed by atoms with Gasteiger partial charge in [-0.1, -0.05) is 12.1 Å². The molecule has 0 aliphatic rings. The van der Waals surface area contributed by atoms with Crippen LogP contribution in [-0.4, -0.2) is 25.2 Å². The molecule has 0 bridgehead atoms. The highest BCUT2D eigenvalue weighted by molar-refractivity contribution is 9.10. The zero-order chi connectivity index (χ0) is 18.4. The smallest absolute Gasteiger partial charge is 0.266 e. The Bertz CT molecular complexity index is 847. The molecular formula is C18H15BrN2O4. The molecule has 0 spiro atoms. The second-order valence-corrected chi connectivity index (χ2v) is 5.73. The number of methoxy groups -OCH3 is 2. The highest BCUT2D eigenvalue weighted by atomic mass is 79.9. The van der Waals surface area contributed by atoms with E-state index in [1.807, 2.05) is 12.1 Å². The molecular weight excluding hydrogens is 388 g/mol. The predicted molar refractivity (Wildman–Crippen MR) is 97.6 cm³/mol. The summed E-state index contributed by atoms with van der Waals surface area (Å²) in [5.41, 5.74) is 0.922. The van der Waals surface area contributed by atoms with Crippen LogP contribution in [0.3, 0.4) is 0 Å². The number of halogens is 1. The van der Waals surface area contributed by atoms with Crippen LogP contribution in [0.2, 0.25) is 0 Å². The Kier molecular flexibility index (Phi) is 6.03. The molecule has 6 nitrogen and oxygen atoms in total. The fraction of sp³-hybridized carbons (Fsp3) is 0.111. The Morgan fingerprint density at radius 1 is 1.24 bits per heavy atom. The number of amides is 1. The van der Waals surface area contributed by atoms with Crippen LogP contribution in [0.25, 0.3) is 6.08 Å². The van der Waals surface area contributed by atoms with Gasteiger partial charge in [0.2, 0.25) is 5.75 Å². The quantitative estimate of drug-likeness (QED) is 0.587. The minimum atomic E-state index is -0.555. The fourth-order valence-electron chi connectivity index (χ4n) is 2.06. The number of hydrogen-bond donors (Lipinski definition) is 2. The van der Waals surface area contributed by atoms with Gasteiger partial charge in [0.25, 0.3) is 5.91 Å². The highest BCUT2D eigenvalue weighted by Gasteiger charge is 2.14. The van der Waals surface area contributed by atoms with Crippen molar-refractivity contribution in [3.05, 3.63) is 52.0 Å². The Morgan fingerprint density at radius 2 is 1.84 bits per heavy atom. The molecule has 2 rings (SSSR count). The number of aromatic hydroxyl groups is 1.